The first-order chi connectivity index (χ1) is 15.6. The predicted molar refractivity (Wildman–Crippen MR) is 129 cm³/mol. The quantitative estimate of drug-likeness (QED) is 0.518. The van der Waals surface area contributed by atoms with Gasteiger partial charge in [0.15, 0.2) is 0 Å². The molecular formula is C24H33N3O5S. The smallest absolute Gasteiger partial charge is 0.255 e. The van der Waals surface area contributed by atoms with Crippen molar-refractivity contribution in [3.8, 4) is 5.75 Å². The molecule has 0 spiro atoms. The van der Waals surface area contributed by atoms with Crippen LogP contribution in [0.5, 0.6) is 5.75 Å². The van der Waals surface area contributed by atoms with E-state index < -0.39 is 27.9 Å². The molecule has 8 nitrogen and oxygen atoms in total. The predicted octanol–water partition coefficient (Wildman–Crippen LogP) is 3.51. The summed E-state index contributed by atoms with van der Waals surface area (Å²) >= 11 is 0. The number of nitrogens with one attached hydrogen (secondary N) is 2. The van der Waals surface area contributed by atoms with Crippen LogP contribution in [0.2, 0.25) is 0 Å². The summed E-state index contributed by atoms with van der Waals surface area (Å²) < 4.78 is 32.5. The fourth-order valence-electron chi connectivity index (χ4n) is 3.36. The normalized spacial score (nSPS) is 12.5. The summed E-state index contributed by atoms with van der Waals surface area (Å²) in [5.74, 6) is -0.638. The zero-order valence-electron chi connectivity index (χ0n) is 19.8. The topological polar surface area (TPSA) is 105 Å². The maximum Gasteiger partial charge on any atom is 0.255 e. The Hall–Kier alpha value is -2.91. The van der Waals surface area contributed by atoms with Crippen molar-refractivity contribution < 1.29 is 22.7 Å². The molecule has 2 N–H and O–H groups in total. The van der Waals surface area contributed by atoms with Crippen LogP contribution in [0.1, 0.15) is 45.0 Å². The van der Waals surface area contributed by atoms with E-state index in [2.05, 4.69) is 10.6 Å². The van der Waals surface area contributed by atoms with Crippen molar-refractivity contribution in [1.29, 1.82) is 0 Å². The first-order valence-corrected chi connectivity index (χ1v) is 12.5. The minimum Gasteiger partial charge on any atom is -0.493 e. The zero-order chi connectivity index (χ0) is 24.6. The Bertz CT molecular complexity index is 1070. The van der Waals surface area contributed by atoms with Crippen LogP contribution in [-0.4, -0.2) is 50.3 Å². The third kappa shape index (κ3) is 6.55. The van der Waals surface area contributed by atoms with Gasteiger partial charge in [0.2, 0.25) is 15.9 Å². The molecule has 2 aromatic carbocycles. The number of carbonyl (C=O) groups excluding carboxylic acids is 2. The fourth-order valence-corrected chi connectivity index (χ4v) is 4.86. The first-order valence-electron chi connectivity index (χ1n) is 11.1. The molecule has 0 aromatic heterocycles. The lowest BCUT2D eigenvalue weighted by Crippen LogP contribution is -2.47. The van der Waals surface area contributed by atoms with Gasteiger partial charge in [0.1, 0.15) is 11.8 Å². The highest BCUT2D eigenvalue weighted by Gasteiger charge is 2.27. The molecular weight excluding hydrogens is 442 g/mol. The van der Waals surface area contributed by atoms with Gasteiger partial charge < -0.3 is 15.4 Å². The van der Waals surface area contributed by atoms with E-state index >= 15 is 0 Å². The Morgan fingerprint density at radius 3 is 2.27 bits per heavy atom. The van der Waals surface area contributed by atoms with E-state index in [-0.39, 0.29) is 10.8 Å². The van der Waals surface area contributed by atoms with Crippen LogP contribution in [-0.2, 0) is 14.8 Å². The third-order valence-corrected chi connectivity index (χ3v) is 7.16. The average Bonchev–Trinajstić information content (AvgIpc) is 2.78. The molecule has 0 heterocycles. The van der Waals surface area contributed by atoms with Crippen molar-refractivity contribution in [2.45, 2.75) is 45.6 Å². The van der Waals surface area contributed by atoms with Crippen LogP contribution < -0.4 is 15.4 Å². The van der Waals surface area contributed by atoms with E-state index in [9.17, 15) is 18.0 Å². The molecule has 2 amide bonds. The second kappa shape index (κ2) is 11.8. The largest absolute Gasteiger partial charge is 0.493 e. The van der Waals surface area contributed by atoms with Gasteiger partial charge in [-0.25, -0.2) is 8.42 Å². The molecule has 0 saturated heterocycles. The number of para-hydroxylation sites is 1. The van der Waals surface area contributed by atoms with Gasteiger partial charge in [0, 0.05) is 18.8 Å². The summed E-state index contributed by atoms with van der Waals surface area (Å²) in [6, 6.07) is 12.1. The Morgan fingerprint density at radius 1 is 1.00 bits per heavy atom. The molecule has 0 aliphatic carbocycles. The number of ether oxygens (including phenoxy) is 1. The fraction of sp³-hybridized carbons (Fsp3) is 0.417. The molecule has 1 atom stereocenters. The lowest BCUT2D eigenvalue weighted by Gasteiger charge is -2.23. The molecule has 0 fully saturated rings. The molecule has 1 unspecified atom stereocenters. The number of nitrogens with zero attached hydrogens (tertiary/aromatic N) is 1. The van der Waals surface area contributed by atoms with Gasteiger partial charge in [-0.2, -0.15) is 4.31 Å². The first kappa shape index (κ1) is 26.3. The number of hydrogen-bond donors (Lipinski definition) is 2. The van der Waals surface area contributed by atoms with E-state index in [0.717, 1.165) is 0 Å². The van der Waals surface area contributed by atoms with Crippen molar-refractivity contribution in [3.05, 3.63) is 54.1 Å². The molecule has 2 aromatic rings. The lowest BCUT2D eigenvalue weighted by molar-refractivity contribution is -0.118. The molecule has 0 bridgehead atoms. The van der Waals surface area contributed by atoms with Crippen LogP contribution >= 0.6 is 0 Å². The van der Waals surface area contributed by atoms with Gasteiger partial charge in [0.05, 0.1) is 17.1 Å². The summed E-state index contributed by atoms with van der Waals surface area (Å²) in [5.41, 5.74) is 0.674. The highest BCUT2D eigenvalue weighted by molar-refractivity contribution is 7.89. The van der Waals surface area contributed by atoms with E-state index in [1.807, 2.05) is 20.8 Å². The van der Waals surface area contributed by atoms with E-state index in [4.69, 9.17) is 4.74 Å². The Kier molecular flexibility index (Phi) is 9.43. The van der Waals surface area contributed by atoms with E-state index in [0.29, 0.717) is 36.7 Å². The minimum atomic E-state index is -3.66. The molecule has 180 valence electrons. The third-order valence-electron chi connectivity index (χ3n) is 5.11. The van der Waals surface area contributed by atoms with Crippen molar-refractivity contribution in [2.75, 3.05) is 25.0 Å². The minimum absolute atomic E-state index is 0.0970. The number of carbonyl (C=O) groups is 2. The van der Waals surface area contributed by atoms with E-state index in [1.165, 1.54) is 16.4 Å². The summed E-state index contributed by atoms with van der Waals surface area (Å²) in [4.78, 5) is 26.0. The SMILES string of the molecule is CCOc1ccccc1C(=O)NC(C(=O)Nc1cccc(S(=O)(=O)N(CC)CC)c1)C(C)C. The van der Waals surface area contributed by atoms with Gasteiger partial charge in [-0.1, -0.05) is 45.9 Å². The number of sulfonamides is 1. The Labute approximate surface area is 196 Å². The van der Waals surface area contributed by atoms with Gasteiger partial charge >= 0.3 is 0 Å². The summed E-state index contributed by atoms with van der Waals surface area (Å²) in [6.07, 6.45) is 0. The van der Waals surface area contributed by atoms with Gasteiger partial charge in [-0.05, 0) is 43.2 Å². The molecule has 9 heteroatoms. The second-order valence-corrected chi connectivity index (χ2v) is 9.67. The van der Waals surface area contributed by atoms with Crippen LogP contribution in [0.4, 0.5) is 5.69 Å². The van der Waals surface area contributed by atoms with Gasteiger partial charge in [-0.3, -0.25) is 9.59 Å². The van der Waals surface area contributed by atoms with Gasteiger partial charge in [-0.15, -0.1) is 0 Å². The van der Waals surface area contributed by atoms with Crippen molar-refractivity contribution in [3.63, 3.8) is 0 Å². The van der Waals surface area contributed by atoms with Crippen molar-refractivity contribution in [2.24, 2.45) is 5.92 Å². The summed E-state index contributed by atoms with van der Waals surface area (Å²) in [5, 5.41) is 5.52. The maximum absolute atomic E-state index is 13.0. The van der Waals surface area contributed by atoms with Crippen LogP contribution in [0.3, 0.4) is 0 Å². The molecule has 0 saturated carbocycles. The van der Waals surface area contributed by atoms with E-state index in [1.54, 1.807) is 50.2 Å². The maximum atomic E-state index is 13.0. The van der Waals surface area contributed by atoms with Crippen LogP contribution in [0.15, 0.2) is 53.4 Å². The molecule has 0 aliphatic heterocycles. The number of benzene rings is 2. The molecule has 33 heavy (non-hydrogen) atoms. The number of hydrogen-bond acceptors (Lipinski definition) is 5. The lowest BCUT2D eigenvalue weighted by atomic mass is 10.0. The molecule has 0 aliphatic rings. The van der Waals surface area contributed by atoms with Crippen molar-refractivity contribution in [1.82, 2.24) is 9.62 Å². The van der Waals surface area contributed by atoms with Crippen LogP contribution in [0, 0.1) is 5.92 Å². The summed E-state index contributed by atoms with van der Waals surface area (Å²) in [6.45, 7) is 10.1. The Morgan fingerprint density at radius 2 is 1.67 bits per heavy atom. The zero-order valence-corrected chi connectivity index (χ0v) is 20.6. The standard InChI is InChI=1S/C24H33N3O5S/c1-6-27(7-2)33(30,31)19-13-11-12-18(16-19)25-24(29)22(17(4)5)26-23(28)20-14-9-10-15-21(20)32-8-3/h9-17,22H,6-8H2,1-5H3,(H,25,29)(H,26,28). The highest BCUT2D eigenvalue weighted by Crippen LogP contribution is 2.21. The molecule has 2 rings (SSSR count). The van der Waals surface area contributed by atoms with Gasteiger partial charge in [0.25, 0.3) is 5.91 Å². The Balaban J connectivity index is 2.23. The van der Waals surface area contributed by atoms with Crippen LogP contribution in [0.25, 0.3) is 0 Å². The summed E-state index contributed by atoms with van der Waals surface area (Å²) in [7, 11) is -3.66. The van der Waals surface area contributed by atoms with Crippen molar-refractivity contribution >= 4 is 27.5 Å². The highest BCUT2D eigenvalue weighted by atomic mass is 32.2. The molecule has 0 radical (unpaired) electrons. The number of rotatable bonds is 11. The number of anilines is 1. The second-order valence-electron chi connectivity index (χ2n) is 7.73. The number of amides is 2. The monoisotopic (exact) mass is 475 g/mol. The average molecular weight is 476 g/mol.